The molecule has 2 heterocycles. The molecule has 1 aromatic heterocycles. The zero-order chi connectivity index (χ0) is 31.0. The van der Waals surface area contributed by atoms with Crippen molar-refractivity contribution in [3.05, 3.63) is 88.6 Å². The van der Waals surface area contributed by atoms with Gasteiger partial charge in [-0.1, -0.05) is 0 Å². The first-order valence-corrected chi connectivity index (χ1v) is 14.3. The number of allylic oxidation sites excluding steroid dienone is 1. The summed E-state index contributed by atoms with van der Waals surface area (Å²) in [4.78, 5) is 43.6. The lowest BCUT2D eigenvalue weighted by molar-refractivity contribution is 0.0950. The number of rotatable bonds is 9. The van der Waals surface area contributed by atoms with Gasteiger partial charge in [0.1, 0.15) is 11.5 Å². The second-order valence-corrected chi connectivity index (χ2v) is 11.1. The number of fused-ring (bicyclic) bond motifs is 2. The second kappa shape index (κ2) is 11.8. The van der Waals surface area contributed by atoms with Crippen molar-refractivity contribution in [3.8, 4) is 11.5 Å². The molecule has 3 aromatic carbocycles. The number of benzene rings is 3. The van der Waals surface area contributed by atoms with Crippen molar-refractivity contribution in [2.24, 2.45) is 0 Å². The number of methoxy groups -OCH3 is 1. The van der Waals surface area contributed by atoms with Crippen molar-refractivity contribution in [1.82, 2.24) is 15.2 Å². The molecule has 4 N–H and O–H groups in total. The SMILES string of the molecule is COc1cc(F)c2[nH]c(C3CC3)c(C=C3Oc4ccc(NC(=O)Nc5ccc(C(=O)NCCN(C)C)cc5)cc4C3=O)c2c1. The summed E-state index contributed by atoms with van der Waals surface area (Å²) in [6, 6.07) is 13.9. The maximum atomic E-state index is 14.8. The normalized spacial score (nSPS) is 14.9. The lowest BCUT2D eigenvalue weighted by Crippen LogP contribution is -2.31. The Morgan fingerprint density at radius 2 is 1.80 bits per heavy atom. The Morgan fingerprint density at radius 3 is 2.50 bits per heavy atom. The van der Waals surface area contributed by atoms with Crippen molar-refractivity contribution in [3.63, 3.8) is 0 Å². The third-order valence-corrected chi connectivity index (χ3v) is 7.58. The van der Waals surface area contributed by atoms with E-state index < -0.39 is 11.8 Å². The van der Waals surface area contributed by atoms with Crippen molar-refractivity contribution >= 4 is 46.1 Å². The van der Waals surface area contributed by atoms with Crippen molar-refractivity contribution in [1.29, 1.82) is 0 Å². The van der Waals surface area contributed by atoms with Gasteiger partial charge in [-0.25, -0.2) is 9.18 Å². The van der Waals surface area contributed by atoms with E-state index in [9.17, 15) is 18.8 Å². The number of aromatic nitrogens is 1. The highest BCUT2D eigenvalue weighted by Crippen LogP contribution is 2.45. The first-order valence-electron chi connectivity index (χ1n) is 14.3. The summed E-state index contributed by atoms with van der Waals surface area (Å²) in [7, 11) is 5.34. The molecule has 0 unspecified atom stereocenters. The number of ketones is 1. The van der Waals surface area contributed by atoms with Crippen LogP contribution in [-0.4, -0.2) is 61.9 Å². The Labute approximate surface area is 253 Å². The fraction of sp³-hybridized carbons (Fsp3) is 0.242. The van der Waals surface area contributed by atoms with Gasteiger partial charge in [-0.2, -0.15) is 0 Å². The van der Waals surface area contributed by atoms with Gasteiger partial charge in [-0.05, 0) is 87.5 Å². The van der Waals surface area contributed by atoms with Crippen molar-refractivity contribution in [2.75, 3.05) is 44.9 Å². The van der Waals surface area contributed by atoms with E-state index in [1.165, 1.54) is 13.2 Å². The van der Waals surface area contributed by atoms with E-state index in [1.54, 1.807) is 54.6 Å². The minimum Gasteiger partial charge on any atom is -0.497 e. The molecule has 0 atom stereocenters. The molecular weight excluding hydrogens is 565 g/mol. The van der Waals surface area contributed by atoms with Crippen LogP contribution in [0.25, 0.3) is 17.0 Å². The van der Waals surface area contributed by atoms with Crippen LogP contribution in [0.15, 0.2) is 60.4 Å². The predicted molar refractivity (Wildman–Crippen MR) is 166 cm³/mol. The summed E-state index contributed by atoms with van der Waals surface area (Å²) in [5, 5.41) is 8.91. The van der Waals surface area contributed by atoms with Gasteiger partial charge >= 0.3 is 6.03 Å². The highest BCUT2D eigenvalue weighted by Gasteiger charge is 2.32. The van der Waals surface area contributed by atoms with Gasteiger partial charge in [0.15, 0.2) is 11.6 Å². The maximum Gasteiger partial charge on any atom is 0.323 e. The molecule has 0 saturated heterocycles. The number of anilines is 2. The van der Waals surface area contributed by atoms with Gasteiger partial charge in [0, 0.05) is 52.7 Å². The highest BCUT2D eigenvalue weighted by atomic mass is 19.1. The smallest absolute Gasteiger partial charge is 0.323 e. The highest BCUT2D eigenvalue weighted by molar-refractivity contribution is 6.16. The monoisotopic (exact) mass is 597 g/mol. The fourth-order valence-corrected chi connectivity index (χ4v) is 5.13. The van der Waals surface area contributed by atoms with E-state index in [0.29, 0.717) is 57.0 Å². The second-order valence-electron chi connectivity index (χ2n) is 11.1. The average Bonchev–Trinajstić information content (AvgIpc) is 3.71. The Bertz CT molecular complexity index is 1810. The summed E-state index contributed by atoms with van der Waals surface area (Å²) in [5.41, 5.74) is 3.60. The molecule has 1 aliphatic carbocycles. The summed E-state index contributed by atoms with van der Waals surface area (Å²) in [5.74, 6) is 0.142. The average molecular weight is 598 g/mol. The molecule has 1 fully saturated rings. The molecule has 0 spiro atoms. The summed E-state index contributed by atoms with van der Waals surface area (Å²) in [6.07, 6.45) is 3.61. The van der Waals surface area contributed by atoms with Gasteiger partial charge in [0.2, 0.25) is 5.78 Å². The number of carbonyl (C=O) groups excluding carboxylic acids is 3. The van der Waals surface area contributed by atoms with Gasteiger partial charge in [-0.3, -0.25) is 9.59 Å². The molecule has 4 aromatic rings. The Balaban J connectivity index is 1.15. The number of amides is 3. The summed E-state index contributed by atoms with van der Waals surface area (Å²) >= 11 is 0. The molecule has 2 aliphatic rings. The zero-order valence-electron chi connectivity index (χ0n) is 24.5. The van der Waals surface area contributed by atoms with E-state index in [-0.39, 0.29) is 23.4 Å². The Kier molecular flexibility index (Phi) is 7.79. The molecule has 6 rings (SSSR count). The lowest BCUT2D eigenvalue weighted by atomic mass is 10.0. The largest absolute Gasteiger partial charge is 0.497 e. The Hall–Kier alpha value is -5.16. The van der Waals surface area contributed by atoms with Crippen molar-refractivity contribution in [2.45, 2.75) is 18.8 Å². The van der Waals surface area contributed by atoms with E-state index in [2.05, 4.69) is 20.9 Å². The number of nitrogens with one attached hydrogen (secondary N) is 4. The van der Waals surface area contributed by atoms with Gasteiger partial charge in [0.05, 0.1) is 18.2 Å². The molecule has 11 heteroatoms. The third kappa shape index (κ3) is 6.00. The zero-order valence-corrected chi connectivity index (χ0v) is 24.5. The van der Waals surface area contributed by atoms with Crippen LogP contribution in [0, 0.1) is 5.82 Å². The number of nitrogens with zero attached hydrogens (tertiary/aromatic N) is 1. The summed E-state index contributed by atoms with van der Waals surface area (Å²) < 4.78 is 26.0. The number of urea groups is 1. The van der Waals surface area contributed by atoms with Gasteiger partial charge in [0.25, 0.3) is 5.91 Å². The topological polar surface area (TPSA) is 125 Å². The van der Waals surface area contributed by atoms with E-state index in [0.717, 1.165) is 25.1 Å². The van der Waals surface area contributed by atoms with Gasteiger partial charge < -0.3 is 35.3 Å². The molecule has 3 amide bonds. The maximum absolute atomic E-state index is 14.8. The molecular formula is C33H32FN5O5. The predicted octanol–water partition coefficient (Wildman–Crippen LogP) is 5.74. The van der Waals surface area contributed by atoms with Crippen LogP contribution >= 0.6 is 0 Å². The molecule has 10 nitrogen and oxygen atoms in total. The first-order chi connectivity index (χ1) is 21.2. The number of H-pyrrole nitrogens is 1. The van der Waals surface area contributed by atoms with Crippen LogP contribution in [0.2, 0.25) is 0 Å². The minimum absolute atomic E-state index is 0.110. The molecule has 0 bridgehead atoms. The van der Waals surface area contributed by atoms with Crippen LogP contribution in [0.5, 0.6) is 11.5 Å². The van der Waals surface area contributed by atoms with Crippen LogP contribution in [0.1, 0.15) is 50.7 Å². The molecule has 0 radical (unpaired) electrons. The number of halogens is 1. The first kappa shape index (κ1) is 28.9. The fourth-order valence-electron chi connectivity index (χ4n) is 5.13. The molecule has 44 heavy (non-hydrogen) atoms. The molecule has 1 saturated carbocycles. The van der Waals surface area contributed by atoms with Crippen LogP contribution < -0.4 is 25.4 Å². The van der Waals surface area contributed by atoms with Gasteiger partial charge in [-0.15, -0.1) is 0 Å². The number of likely N-dealkylation sites (N-methyl/N-ethyl adjacent to an activating group) is 1. The number of hydrogen-bond acceptors (Lipinski definition) is 6. The number of hydrogen-bond donors (Lipinski definition) is 4. The molecule has 226 valence electrons. The van der Waals surface area contributed by atoms with Crippen molar-refractivity contribution < 1.29 is 28.2 Å². The lowest BCUT2D eigenvalue weighted by Gasteiger charge is -2.11. The van der Waals surface area contributed by atoms with E-state index >= 15 is 0 Å². The standard InChI is InChI=1S/C33H32FN5O5/c1-39(2)13-12-35-32(41)19-6-8-20(9-7-19)36-33(42)37-21-10-11-27-25(14-21)31(40)28(44-27)17-24-23-15-22(43-3)16-26(34)30(23)38-29(24)18-4-5-18/h6-11,14-18,38H,4-5,12-13H2,1-3H3,(H,35,41)(H2,36,37,42). The van der Waals surface area contributed by atoms with E-state index in [4.69, 9.17) is 9.47 Å². The number of ether oxygens (including phenoxy) is 2. The van der Waals surface area contributed by atoms with Crippen LogP contribution in [0.4, 0.5) is 20.6 Å². The van der Waals surface area contributed by atoms with Crippen LogP contribution in [0.3, 0.4) is 0 Å². The Morgan fingerprint density at radius 1 is 1.07 bits per heavy atom. The third-order valence-electron chi connectivity index (χ3n) is 7.58. The number of aromatic amines is 1. The molecule has 1 aliphatic heterocycles. The number of carbonyl (C=O) groups is 3. The quantitative estimate of drug-likeness (QED) is 0.182. The number of Topliss-reactive ketones (excluding diaryl/α,β-unsaturated/α-hetero) is 1. The van der Waals surface area contributed by atoms with Crippen LogP contribution in [-0.2, 0) is 0 Å². The van der Waals surface area contributed by atoms with E-state index in [1.807, 2.05) is 19.0 Å². The minimum atomic E-state index is -0.515. The summed E-state index contributed by atoms with van der Waals surface area (Å²) in [6.45, 7) is 1.26.